The van der Waals surface area contributed by atoms with Crippen LogP contribution >= 0.6 is 15.9 Å². The minimum atomic E-state index is -4.02. The first-order chi connectivity index (χ1) is 15.3. The molecule has 32 heavy (non-hydrogen) atoms. The fraction of sp³-hybridized carbons (Fsp3) is 0.739. The van der Waals surface area contributed by atoms with Gasteiger partial charge in [0.1, 0.15) is 11.5 Å². The van der Waals surface area contributed by atoms with Crippen LogP contribution in [0.15, 0.2) is 32.9 Å². The van der Waals surface area contributed by atoms with E-state index >= 15 is 0 Å². The Hall–Kier alpha value is -0.710. The van der Waals surface area contributed by atoms with Crippen molar-refractivity contribution in [3.63, 3.8) is 0 Å². The molecule has 3 rings (SSSR count). The lowest BCUT2D eigenvalue weighted by Gasteiger charge is -2.47. The molecule has 1 fully saturated rings. The van der Waals surface area contributed by atoms with E-state index in [-0.39, 0.29) is 17.1 Å². The average molecular weight is 535 g/mol. The van der Waals surface area contributed by atoms with Crippen LogP contribution in [0.2, 0.25) is 0 Å². The van der Waals surface area contributed by atoms with Gasteiger partial charge in [-0.2, -0.15) is 0 Å². The van der Waals surface area contributed by atoms with Crippen molar-refractivity contribution in [2.75, 3.05) is 14.2 Å². The van der Waals surface area contributed by atoms with Crippen molar-refractivity contribution in [2.24, 2.45) is 5.92 Å². The Morgan fingerprint density at radius 2 is 1.94 bits per heavy atom. The fourth-order valence-electron chi connectivity index (χ4n) is 5.30. The summed E-state index contributed by atoms with van der Waals surface area (Å²) in [6.07, 6.45) is 6.81. The summed E-state index contributed by atoms with van der Waals surface area (Å²) >= 11 is 3.36. The molecule has 1 saturated heterocycles. The molecule has 6 unspecified atom stereocenters. The van der Waals surface area contributed by atoms with E-state index in [1.165, 1.54) is 0 Å². The molecule has 0 amide bonds. The monoisotopic (exact) mass is 533 g/mol. The number of hydrogen-bond acceptors (Lipinski definition) is 7. The van der Waals surface area contributed by atoms with Crippen LogP contribution in [0.4, 0.5) is 0 Å². The summed E-state index contributed by atoms with van der Waals surface area (Å²) in [4.78, 5) is 0.132. The second-order valence-electron chi connectivity index (χ2n) is 8.78. The largest absolute Gasteiger partial charge is 0.501 e. The summed E-state index contributed by atoms with van der Waals surface area (Å²) in [5.41, 5.74) is 0.821. The molecule has 9 heteroatoms. The highest BCUT2D eigenvalue weighted by molar-refractivity contribution is 9.12. The first kappa shape index (κ1) is 25.9. The summed E-state index contributed by atoms with van der Waals surface area (Å²) in [5.74, 6) is 0.206. The Morgan fingerprint density at radius 3 is 2.56 bits per heavy atom. The Kier molecular flexibility index (Phi) is 9.02. The number of halogens is 1. The Labute approximate surface area is 200 Å². The van der Waals surface area contributed by atoms with Crippen LogP contribution in [0, 0.1) is 5.92 Å². The Balaban J connectivity index is 2.07. The molecule has 6 atom stereocenters. The van der Waals surface area contributed by atoms with E-state index in [9.17, 15) is 18.6 Å². The van der Waals surface area contributed by atoms with Crippen molar-refractivity contribution in [1.29, 1.82) is 0 Å². The standard InChI is InChI=1S/C23H36BrNO6S/c1-4-5-10-15-19(20-16(30-2)11-8-12-17(20)31-3)21(26)22(23(27)25-15)32(28,29)18-13-7-6-9-14(18)24/h9,13,15-16,19,21-23,25-27H,4-8,10-12H2,1-3H3. The van der Waals surface area contributed by atoms with Crippen LogP contribution in [-0.2, 0) is 19.3 Å². The van der Waals surface area contributed by atoms with Crippen molar-refractivity contribution in [2.45, 2.75) is 88.0 Å². The molecule has 3 N–H and O–H groups in total. The van der Waals surface area contributed by atoms with Crippen LogP contribution in [0.5, 0.6) is 0 Å². The molecule has 7 nitrogen and oxygen atoms in total. The third-order valence-electron chi connectivity index (χ3n) is 6.85. The van der Waals surface area contributed by atoms with E-state index < -0.39 is 33.3 Å². The number of unbranched alkanes of at least 4 members (excludes halogenated alkanes) is 1. The molecule has 182 valence electrons. The maximum absolute atomic E-state index is 13.6. The topological polar surface area (TPSA) is 105 Å². The minimum Gasteiger partial charge on any atom is -0.501 e. The summed E-state index contributed by atoms with van der Waals surface area (Å²) in [7, 11) is -0.782. The number of piperidine rings is 1. The molecule has 1 aliphatic heterocycles. The minimum absolute atomic E-state index is 0.132. The number of aliphatic hydroxyl groups is 2. The highest BCUT2D eigenvalue weighted by atomic mass is 79.9. The lowest BCUT2D eigenvalue weighted by Crippen LogP contribution is -2.65. The SMILES string of the molecule is CCCCC1NC(O)C(S(=O)(=O)C2=CCCC=C2Br)C(O)C1C1=C(OC)CCCC1OC. The molecule has 2 aliphatic carbocycles. The Morgan fingerprint density at radius 1 is 1.22 bits per heavy atom. The quantitative estimate of drug-likeness (QED) is 0.439. The summed E-state index contributed by atoms with van der Waals surface area (Å²) in [6, 6.07) is -0.290. The van der Waals surface area contributed by atoms with Gasteiger partial charge < -0.3 is 19.7 Å². The number of sulfone groups is 1. The fourth-order valence-corrected chi connectivity index (χ4v) is 8.32. The van der Waals surface area contributed by atoms with Crippen molar-refractivity contribution >= 4 is 25.8 Å². The van der Waals surface area contributed by atoms with Gasteiger partial charge >= 0.3 is 0 Å². The molecule has 0 aromatic heterocycles. The first-order valence-corrected chi connectivity index (χ1v) is 13.8. The number of aliphatic hydroxyl groups excluding tert-OH is 2. The van der Waals surface area contributed by atoms with E-state index in [1.54, 1.807) is 20.3 Å². The molecule has 3 aliphatic rings. The second kappa shape index (κ2) is 11.1. The van der Waals surface area contributed by atoms with Crippen molar-refractivity contribution < 1.29 is 28.1 Å². The summed E-state index contributed by atoms with van der Waals surface area (Å²) in [6.45, 7) is 2.08. The molecule has 1 heterocycles. The molecule has 0 aromatic carbocycles. The normalized spacial score (nSPS) is 34.2. The number of rotatable bonds is 8. The number of nitrogens with one attached hydrogen (secondary N) is 1. The van der Waals surface area contributed by atoms with E-state index in [4.69, 9.17) is 9.47 Å². The van der Waals surface area contributed by atoms with Gasteiger partial charge in [-0.1, -0.05) is 31.9 Å². The van der Waals surface area contributed by atoms with Gasteiger partial charge in [0.05, 0.1) is 30.0 Å². The first-order valence-electron chi connectivity index (χ1n) is 11.5. The van der Waals surface area contributed by atoms with Gasteiger partial charge in [-0.3, -0.25) is 5.32 Å². The molecule has 0 radical (unpaired) electrons. The summed E-state index contributed by atoms with van der Waals surface area (Å²) < 4.78 is 39.2. The van der Waals surface area contributed by atoms with Crippen molar-refractivity contribution in [3.8, 4) is 0 Å². The third kappa shape index (κ3) is 5.03. The summed E-state index contributed by atoms with van der Waals surface area (Å²) in [5, 5.41) is 24.3. The van der Waals surface area contributed by atoms with Crippen LogP contribution in [0.3, 0.4) is 0 Å². The van der Waals surface area contributed by atoms with E-state index in [1.807, 2.05) is 6.08 Å². The van der Waals surface area contributed by atoms with Crippen LogP contribution in [0.1, 0.15) is 58.3 Å². The van der Waals surface area contributed by atoms with Gasteiger partial charge in [0.15, 0.2) is 9.84 Å². The molecule has 0 aromatic rings. The molecule has 0 saturated carbocycles. The van der Waals surface area contributed by atoms with E-state index in [0.717, 1.165) is 49.9 Å². The van der Waals surface area contributed by atoms with Crippen LogP contribution < -0.4 is 5.32 Å². The van der Waals surface area contributed by atoms with Gasteiger partial charge in [0, 0.05) is 35.5 Å². The second-order valence-corrected chi connectivity index (χ2v) is 11.7. The maximum Gasteiger partial charge on any atom is 0.188 e. The number of allylic oxidation sites excluding steroid dienone is 4. The molecule has 0 spiro atoms. The Bertz CT molecular complexity index is 868. The third-order valence-corrected chi connectivity index (χ3v) is 10.1. The number of ether oxygens (including phenoxy) is 2. The number of hydrogen-bond donors (Lipinski definition) is 3. The van der Waals surface area contributed by atoms with E-state index in [0.29, 0.717) is 17.3 Å². The van der Waals surface area contributed by atoms with Gasteiger partial charge in [-0.15, -0.1) is 0 Å². The molecular formula is C23H36BrNO6S. The zero-order chi connectivity index (χ0) is 23.5. The zero-order valence-corrected chi connectivity index (χ0v) is 21.5. The van der Waals surface area contributed by atoms with Crippen LogP contribution in [0.25, 0.3) is 0 Å². The zero-order valence-electron chi connectivity index (χ0n) is 19.1. The lowest BCUT2D eigenvalue weighted by atomic mass is 9.74. The van der Waals surface area contributed by atoms with Gasteiger partial charge in [0.2, 0.25) is 0 Å². The predicted molar refractivity (Wildman–Crippen MR) is 128 cm³/mol. The van der Waals surface area contributed by atoms with Gasteiger partial charge in [-0.05, 0) is 48.0 Å². The van der Waals surface area contributed by atoms with E-state index in [2.05, 4.69) is 28.2 Å². The lowest BCUT2D eigenvalue weighted by molar-refractivity contribution is -0.0307. The van der Waals surface area contributed by atoms with Crippen molar-refractivity contribution in [3.05, 3.63) is 32.9 Å². The molecule has 0 bridgehead atoms. The van der Waals surface area contributed by atoms with Gasteiger partial charge in [-0.25, -0.2) is 8.42 Å². The predicted octanol–water partition coefficient (Wildman–Crippen LogP) is 3.28. The average Bonchev–Trinajstić information content (AvgIpc) is 2.77. The van der Waals surface area contributed by atoms with Crippen LogP contribution in [-0.4, -0.2) is 62.6 Å². The van der Waals surface area contributed by atoms with Gasteiger partial charge in [0.25, 0.3) is 0 Å². The maximum atomic E-state index is 13.6. The smallest absolute Gasteiger partial charge is 0.188 e. The number of methoxy groups -OCH3 is 2. The van der Waals surface area contributed by atoms with Crippen molar-refractivity contribution in [1.82, 2.24) is 5.32 Å². The highest BCUT2D eigenvalue weighted by Gasteiger charge is 2.53. The molecular weight excluding hydrogens is 498 g/mol. The highest BCUT2D eigenvalue weighted by Crippen LogP contribution is 2.42.